The summed E-state index contributed by atoms with van der Waals surface area (Å²) >= 11 is 0. The van der Waals surface area contributed by atoms with Gasteiger partial charge >= 0.3 is 6.18 Å². The zero-order valence-corrected chi connectivity index (χ0v) is 9.51. The van der Waals surface area contributed by atoms with Crippen LogP contribution in [-0.4, -0.2) is 11.9 Å². The maximum absolute atomic E-state index is 13.0. The van der Waals surface area contributed by atoms with Gasteiger partial charge in [-0.1, -0.05) is 6.07 Å². The fraction of sp³-hybridized carbons (Fsp3) is 0.364. The third-order valence-electron chi connectivity index (χ3n) is 2.38. The molecule has 1 atom stereocenters. The largest absolute Gasteiger partial charge is 0.419 e. The number of benzene rings is 1. The van der Waals surface area contributed by atoms with Crippen molar-refractivity contribution in [3.63, 3.8) is 0 Å². The topological polar surface area (TPSA) is 55.1 Å². The lowest BCUT2D eigenvalue weighted by molar-refractivity contribution is -0.140. The summed E-state index contributed by atoms with van der Waals surface area (Å²) in [6, 6.07) is 1.99. The lowest BCUT2D eigenvalue weighted by Crippen LogP contribution is -2.38. The number of rotatable bonds is 4. The van der Waals surface area contributed by atoms with Crippen LogP contribution in [-0.2, 0) is 17.5 Å². The predicted molar refractivity (Wildman–Crippen MR) is 56.9 cm³/mol. The Bertz CT molecular complexity index is 445. The van der Waals surface area contributed by atoms with Crippen LogP contribution in [0.15, 0.2) is 18.2 Å². The number of halogens is 4. The first kappa shape index (κ1) is 14.4. The molecular weight excluding hydrogens is 252 g/mol. The second-order valence-electron chi connectivity index (χ2n) is 3.82. The van der Waals surface area contributed by atoms with Crippen molar-refractivity contribution in [2.45, 2.75) is 25.7 Å². The fourth-order valence-corrected chi connectivity index (χ4v) is 1.27. The Balaban J connectivity index is 2.83. The number of primary amides is 1. The van der Waals surface area contributed by atoms with Gasteiger partial charge in [-0.15, -0.1) is 0 Å². The monoisotopic (exact) mass is 264 g/mol. The molecule has 7 heteroatoms. The molecule has 3 N–H and O–H groups in total. The zero-order valence-electron chi connectivity index (χ0n) is 9.51. The van der Waals surface area contributed by atoms with Crippen molar-refractivity contribution in [3.8, 4) is 0 Å². The van der Waals surface area contributed by atoms with Gasteiger partial charge in [0.05, 0.1) is 11.6 Å². The molecule has 0 saturated carbocycles. The molecule has 1 rings (SSSR count). The summed E-state index contributed by atoms with van der Waals surface area (Å²) in [6.45, 7) is 1.48. The van der Waals surface area contributed by atoms with Gasteiger partial charge in [-0.05, 0) is 24.6 Å². The lowest BCUT2D eigenvalue weighted by atomic mass is 10.1. The smallest absolute Gasteiger partial charge is 0.368 e. The van der Waals surface area contributed by atoms with Crippen molar-refractivity contribution < 1.29 is 22.4 Å². The van der Waals surface area contributed by atoms with E-state index in [-0.39, 0.29) is 12.1 Å². The van der Waals surface area contributed by atoms with Crippen molar-refractivity contribution >= 4 is 5.91 Å². The standard InChI is InChI=1S/C11H12F4N2O/c1-6(10(16)18)17-5-7-2-3-9(12)8(4-7)11(13,14)15/h2-4,6,17H,5H2,1H3,(H2,16,18). The lowest BCUT2D eigenvalue weighted by Gasteiger charge is -2.12. The Hall–Kier alpha value is -1.63. The SMILES string of the molecule is CC(NCc1ccc(F)c(C(F)(F)F)c1)C(N)=O. The van der Waals surface area contributed by atoms with Crippen molar-refractivity contribution in [2.24, 2.45) is 5.73 Å². The summed E-state index contributed by atoms with van der Waals surface area (Å²) in [7, 11) is 0. The number of alkyl halides is 3. The first-order chi connectivity index (χ1) is 8.21. The van der Waals surface area contributed by atoms with E-state index in [1.54, 1.807) is 0 Å². The van der Waals surface area contributed by atoms with Gasteiger partial charge in [0.2, 0.25) is 5.91 Å². The van der Waals surface area contributed by atoms with E-state index < -0.39 is 29.5 Å². The summed E-state index contributed by atoms with van der Waals surface area (Å²) in [5.74, 6) is -1.94. The molecule has 0 aromatic heterocycles. The molecule has 0 bridgehead atoms. The van der Waals surface area contributed by atoms with Crippen LogP contribution in [0.2, 0.25) is 0 Å². The van der Waals surface area contributed by atoms with Crippen molar-refractivity contribution in [1.82, 2.24) is 5.32 Å². The number of nitrogens with two attached hydrogens (primary N) is 1. The molecule has 0 aliphatic rings. The summed E-state index contributed by atoms with van der Waals surface area (Å²) < 4.78 is 50.2. The van der Waals surface area contributed by atoms with Gasteiger partial charge in [0.1, 0.15) is 5.82 Å². The quantitative estimate of drug-likeness (QED) is 0.815. The third-order valence-corrected chi connectivity index (χ3v) is 2.38. The number of carbonyl (C=O) groups excluding carboxylic acids is 1. The predicted octanol–water partition coefficient (Wildman–Crippen LogP) is 1.81. The van der Waals surface area contributed by atoms with E-state index in [2.05, 4.69) is 5.32 Å². The number of amides is 1. The molecule has 100 valence electrons. The molecular formula is C11H12F4N2O. The van der Waals surface area contributed by atoms with Gasteiger partial charge in [0.15, 0.2) is 0 Å². The number of carbonyl (C=O) groups is 1. The Morgan fingerprint density at radius 1 is 1.44 bits per heavy atom. The molecule has 1 aromatic rings. The third kappa shape index (κ3) is 3.69. The molecule has 0 heterocycles. The second-order valence-corrected chi connectivity index (χ2v) is 3.82. The van der Waals surface area contributed by atoms with E-state index in [9.17, 15) is 22.4 Å². The molecule has 3 nitrogen and oxygen atoms in total. The summed E-state index contributed by atoms with van der Waals surface area (Å²) in [4.78, 5) is 10.7. The van der Waals surface area contributed by atoms with Crippen LogP contribution in [0.1, 0.15) is 18.1 Å². The molecule has 0 saturated heterocycles. The molecule has 1 amide bonds. The van der Waals surface area contributed by atoms with Crippen LogP contribution in [0.5, 0.6) is 0 Å². The van der Waals surface area contributed by atoms with Crippen molar-refractivity contribution in [2.75, 3.05) is 0 Å². The average molecular weight is 264 g/mol. The van der Waals surface area contributed by atoms with Gasteiger partial charge in [0.25, 0.3) is 0 Å². The first-order valence-electron chi connectivity index (χ1n) is 5.10. The molecule has 0 aliphatic carbocycles. The molecule has 1 aromatic carbocycles. The van der Waals surface area contributed by atoms with Crippen LogP contribution < -0.4 is 11.1 Å². The first-order valence-corrected chi connectivity index (χ1v) is 5.10. The van der Waals surface area contributed by atoms with E-state index in [1.807, 2.05) is 0 Å². The van der Waals surface area contributed by atoms with E-state index in [1.165, 1.54) is 13.0 Å². The Morgan fingerprint density at radius 2 is 2.06 bits per heavy atom. The van der Waals surface area contributed by atoms with Crippen molar-refractivity contribution in [1.29, 1.82) is 0 Å². The van der Waals surface area contributed by atoms with Gasteiger partial charge in [0, 0.05) is 6.54 Å². The van der Waals surface area contributed by atoms with Crippen LogP contribution in [0, 0.1) is 5.82 Å². The highest BCUT2D eigenvalue weighted by molar-refractivity contribution is 5.79. The summed E-state index contributed by atoms with van der Waals surface area (Å²) in [5, 5.41) is 2.63. The Morgan fingerprint density at radius 3 is 2.56 bits per heavy atom. The van der Waals surface area contributed by atoms with Crippen molar-refractivity contribution in [3.05, 3.63) is 35.1 Å². The molecule has 1 unspecified atom stereocenters. The maximum Gasteiger partial charge on any atom is 0.419 e. The van der Waals surface area contributed by atoms with Crippen LogP contribution in [0.25, 0.3) is 0 Å². The van der Waals surface area contributed by atoms with E-state index in [0.717, 1.165) is 6.07 Å². The highest BCUT2D eigenvalue weighted by atomic mass is 19.4. The van der Waals surface area contributed by atoms with Gasteiger partial charge in [-0.3, -0.25) is 4.79 Å². The molecule has 0 aliphatic heterocycles. The highest BCUT2D eigenvalue weighted by Gasteiger charge is 2.34. The fourth-order valence-electron chi connectivity index (χ4n) is 1.27. The zero-order chi connectivity index (χ0) is 13.9. The minimum Gasteiger partial charge on any atom is -0.368 e. The van der Waals surface area contributed by atoms with Crippen LogP contribution in [0.3, 0.4) is 0 Å². The number of nitrogens with one attached hydrogen (secondary N) is 1. The number of hydrogen-bond donors (Lipinski definition) is 2. The van der Waals surface area contributed by atoms with E-state index in [4.69, 9.17) is 5.73 Å². The van der Waals surface area contributed by atoms with Gasteiger partial charge in [-0.25, -0.2) is 4.39 Å². The molecule has 0 radical (unpaired) electrons. The van der Waals surface area contributed by atoms with Crippen LogP contribution in [0.4, 0.5) is 17.6 Å². The molecule has 0 spiro atoms. The summed E-state index contributed by atoms with van der Waals surface area (Å²) in [6.07, 6.45) is -4.74. The summed E-state index contributed by atoms with van der Waals surface area (Å²) in [5.41, 5.74) is 3.88. The average Bonchev–Trinajstić information content (AvgIpc) is 2.25. The van der Waals surface area contributed by atoms with Crippen LogP contribution >= 0.6 is 0 Å². The number of hydrogen-bond acceptors (Lipinski definition) is 2. The van der Waals surface area contributed by atoms with E-state index in [0.29, 0.717) is 6.07 Å². The normalized spacial score (nSPS) is 13.4. The molecule has 18 heavy (non-hydrogen) atoms. The van der Waals surface area contributed by atoms with Gasteiger partial charge < -0.3 is 11.1 Å². The Kier molecular flexibility index (Phi) is 4.28. The van der Waals surface area contributed by atoms with Gasteiger partial charge in [-0.2, -0.15) is 13.2 Å². The Labute approximate surface area is 101 Å². The minimum absolute atomic E-state index is 0.00648. The van der Waals surface area contributed by atoms with E-state index >= 15 is 0 Å². The minimum atomic E-state index is -4.74. The second kappa shape index (κ2) is 5.34. The molecule has 0 fully saturated rings. The highest BCUT2D eigenvalue weighted by Crippen LogP contribution is 2.31. The maximum atomic E-state index is 13.0.